The number of carbonyl (C=O) groups excluding carboxylic acids is 6. The second-order valence-electron chi connectivity index (χ2n) is 9.57. The lowest BCUT2D eigenvalue weighted by atomic mass is 9.92. The van der Waals surface area contributed by atoms with Gasteiger partial charge < -0.3 is 9.47 Å². The van der Waals surface area contributed by atoms with Gasteiger partial charge in [-0.15, -0.1) is 0 Å². The molecule has 0 saturated carbocycles. The van der Waals surface area contributed by atoms with Gasteiger partial charge in [0.1, 0.15) is 11.5 Å². The quantitative estimate of drug-likeness (QED) is 0.461. The second kappa shape index (κ2) is 10.7. The smallest absolute Gasteiger partial charge is 0.328 e. The Morgan fingerprint density at radius 1 is 0.548 bits per heavy atom. The third-order valence-corrected chi connectivity index (χ3v) is 6.84. The lowest BCUT2D eigenvalue weighted by Crippen LogP contribution is -2.49. The molecule has 3 aliphatic rings. The van der Waals surface area contributed by atoms with Crippen LogP contribution in [0.2, 0.25) is 0 Å². The molecule has 6 amide bonds. The maximum atomic E-state index is 13.6. The summed E-state index contributed by atoms with van der Waals surface area (Å²) in [5, 5.41) is 4.51. The molecule has 3 aromatic rings. The highest BCUT2D eigenvalue weighted by molar-refractivity contribution is 6.25. The lowest BCUT2D eigenvalue weighted by Gasteiger charge is -2.27. The molecule has 2 aliphatic heterocycles. The summed E-state index contributed by atoms with van der Waals surface area (Å²) >= 11 is 0. The van der Waals surface area contributed by atoms with Crippen molar-refractivity contribution in [3.63, 3.8) is 0 Å². The number of Topliss-reactive ketones (excluding diaryl/α,β-unsaturated/α-hetero) is 2. The van der Waals surface area contributed by atoms with Crippen molar-refractivity contribution in [1.82, 2.24) is 10.6 Å². The topological polar surface area (TPSA) is 151 Å². The number of hydrogen-bond acceptors (Lipinski definition) is 8. The molecule has 0 unspecified atom stereocenters. The molecule has 42 heavy (non-hydrogen) atoms. The molecule has 6 rings (SSSR count). The summed E-state index contributed by atoms with van der Waals surface area (Å²) in [6.07, 6.45) is 0.246. The van der Waals surface area contributed by atoms with Crippen LogP contribution in [0.3, 0.4) is 0 Å². The molecule has 0 spiro atoms. The van der Waals surface area contributed by atoms with Crippen molar-refractivity contribution in [3.8, 4) is 11.5 Å². The van der Waals surface area contributed by atoms with Crippen LogP contribution in [0.1, 0.15) is 33.6 Å². The fourth-order valence-corrected chi connectivity index (χ4v) is 4.80. The number of imide groups is 2. The number of carbonyl (C=O) groups is 6. The van der Waals surface area contributed by atoms with Gasteiger partial charge in [0.25, 0.3) is 0 Å². The van der Waals surface area contributed by atoms with Gasteiger partial charge in [-0.25, -0.2) is 9.59 Å². The van der Waals surface area contributed by atoms with Crippen molar-refractivity contribution < 1.29 is 38.2 Å². The maximum absolute atomic E-state index is 13.6. The molecule has 2 fully saturated rings. The van der Waals surface area contributed by atoms with Gasteiger partial charge in [0.2, 0.25) is 34.9 Å². The number of nitrogens with one attached hydrogen (secondary N) is 2. The van der Waals surface area contributed by atoms with E-state index in [4.69, 9.17) is 9.47 Å². The van der Waals surface area contributed by atoms with Crippen LogP contribution < -0.4 is 29.9 Å². The minimum absolute atomic E-state index is 0.123. The fourth-order valence-electron chi connectivity index (χ4n) is 4.80. The molecule has 3 aromatic carbocycles. The summed E-state index contributed by atoms with van der Waals surface area (Å²) in [4.78, 5) is 77.8. The Hall–Kier alpha value is -5.78. The van der Waals surface area contributed by atoms with E-state index in [9.17, 15) is 28.8 Å². The van der Waals surface area contributed by atoms with Crippen molar-refractivity contribution in [2.24, 2.45) is 0 Å². The molecule has 0 radical (unpaired) electrons. The van der Waals surface area contributed by atoms with Crippen molar-refractivity contribution in [2.75, 3.05) is 22.9 Å². The third-order valence-electron chi connectivity index (χ3n) is 6.84. The van der Waals surface area contributed by atoms with Crippen LogP contribution in [0, 0.1) is 0 Å². The number of hydrogen-bond donors (Lipinski definition) is 2. The molecular weight excluding hydrogens is 544 g/mol. The van der Waals surface area contributed by atoms with Crippen molar-refractivity contribution >= 4 is 46.8 Å². The largest absolute Gasteiger partial charge is 0.449 e. The molecule has 1 aliphatic carbocycles. The van der Waals surface area contributed by atoms with Gasteiger partial charge in [0.05, 0.1) is 0 Å². The number of urea groups is 2. The number of nitrogens with zero attached hydrogens (tertiary/aromatic N) is 2. The molecule has 2 N–H and O–H groups in total. The second-order valence-corrected chi connectivity index (χ2v) is 9.57. The highest BCUT2D eigenvalue weighted by Crippen LogP contribution is 2.33. The maximum Gasteiger partial charge on any atom is 0.328 e. The summed E-state index contributed by atoms with van der Waals surface area (Å²) < 4.78 is 12.0. The van der Waals surface area contributed by atoms with Gasteiger partial charge in [-0.3, -0.25) is 39.6 Å². The van der Waals surface area contributed by atoms with Gasteiger partial charge in [0.15, 0.2) is 0 Å². The number of benzene rings is 3. The molecule has 2 saturated heterocycles. The molecule has 2 heterocycles. The first-order valence-corrected chi connectivity index (χ1v) is 13.0. The van der Waals surface area contributed by atoms with Gasteiger partial charge in [0, 0.05) is 60.6 Å². The van der Waals surface area contributed by atoms with Gasteiger partial charge in [-0.05, 0) is 24.3 Å². The first-order chi connectivity index (χ1) is 20.3. The summed E-state index contributed by atoms with van der Waals surface area (Å²) in [6, 6.07) is 17.7. The molecule has 210 valence electrons. The zero-order valence-electron chi connectivity index (χ0n) is 21.9. The monoisotopic (exact) mass is 566 g/mol. The molecule has 12 heteroatoms. The van der Waals surface area contributed by atoms with Crippen LogP contribution in [0.4, 0.5) is 21.0 Å². The van der Waals surface area contributed by atoms with E-state index in [1.165, 1.54) is 34.1 Å². The Morgan fingerprint density at radius 2 is 0.976 bits per heavy atom. The van der Waals surface area contributed by atoms with Crippen LogP contribution >= 0.6 is 0 Å². The number of ketones is 2. The van der Waals surface area contributed by atoms with E-state index in [0.717, 1.165) is 0 Å². The normalized spacial score (nSPS) is 17.1. The minimum atomic E-state index is -0.587. The first kappa shape index (κ1) is 26.4. The van der Waals surface area contributed by atoms with Gasteiger partial charge in [-0.1, -0.05) is 36.4 Å². The van der Waals surface area contributed by atoms with Crippen LogP contribution in [0.25, 0.3) is 0 Å². The molecular formula is C30H22N4O8. The van der Waals surface area contributed by atoms with E-state index in [2.05, 4.69) is 10.6 Å². The summed E-state index contributed by atoms with van der Waals surface area (Å²) in [5.41, 5.74) is 1.11. The Balaban J connectivity index is 1.35. The van der Waals surface area contributed by atoms with E-state index in [0.29, 0.717) is 11.4 Å². The summed E-state index contributed by atoms with van der Waals surface area (Å²) in [7, 11) is 0. The zero-order chi connectivity index (χ0) is 29.4. The predicted molar refractivity (Wildman–Crippen MR) is 147 cm³/mol. The fraction of sp³-hybridized carbons (Fsp3) is 0.133. The lowest BCUT2D eigenvalue weighted by molar-refractivity contribution is -0.121. The third kappa shape index (κ3) is 4.96. The minimum Gasteiger partial charge on any atom is -0.449 e. The van der Waals surface area contributed by atoms with E-state index in [-0.39, 0.29) is 71.9 Å². The summed E-state index contributed by atoms with van der Waals surface area (Å²) in [5.74, 6) is -2.34. The molecule has 0 aromatic heterocycles. The van der Waals surface area contributed by atoms with E-state index >= 15 is 0 Å². The van der Waals surface area contributed by atoms with Gasteiger partial charge in [-0.2, -0.15) is 0 Å². The molecule has 0 atom stereocenters. The molecule has 12 nitrogen and oxygen atoms in total. The Labute approximate surface area is 238 Å². The van der Waals surface area contributed by atoms with E-state index in [1.807, 2.05) is 0 Å². The number of allylic oxidation sites excluding steroid dienone is 2. The SMILES string of the molecule is O=C1CCN(c2cccc(OC3=C(Oc4cccc(N5CCC(=O)NC5=O)c4)C(=O)c4ccccc4C3=O)c2)C(=O)N1. The average molecular weight is 567 g/mol. The van der Waals surface area contributed by atoms with Crippen LogP contribution in [-0.4, -0.2) is 48.5 Å². The van der Waals surface area contributed by atoms with E-state index in [1.54, 1.807) is 48.5 Å². The number of rotatable bonds is 6. The summed E-state index contributed by atoms with van der Waals surface area (Å²) in [6.45, 7) is 0.324. The number of fused-ring (bicyclic) bond motifs is 1. The number of ether oxygens (including phenoxy) is 2. The Bertz CT molecular complexity index is 1600. The highest BCUT2D eigenvalue weighted by Gasteiger charge is 2.36. The Kier molecular flexibility index (Phi) is 6.71. The Morgan fingerprint density at radius 3 is 1.38 bits per heavy atom. The zero-order valence-corrected chi connectivity index (χ0v) is 21.9. The van der Waals surface area contributed by atoms with Gasteiger partial charge >= 0.3 is 12.1 Å². The molecule has 0 bridgehead atoms. The van der Waals surface area contributed by atoms with Crippen molar-refractivity contribution in [3.05, 3.63) is 95.4 Å². The highest BCUT2D eigenvalue weighted by atomic mass is 16.5. The van der Waals surface area contributed by atoms with Crippen LogP contribution in [-0.2, 0) is 9.59 Å². The van der Waals surface area contributed by atoms with E-state index < -0.39 is 23.6 Å². The van der Waals surface area contributed by atoms with Crippen LogP contribution in [0.15, 0.2) is 84.3 Å². The van der Waals surface area contributed by atoms with Crippen molar-refractivity contribution in [1.29, 1.82) is 0 Å². The average Bonchev–Trinajstić information content (AvgIpc) is 2.98. The number of amides is 6. The standard InChI is InChI=1S/C30H22N4O8/c35-23-11-13-33(29(39)31-23)17-5-3-7-19(15-17)41-27-25(37)21-9-1-2-10-22(21)26(38)28(27)42-20-8-4-6-18(16-20)34-14-12-24(36)32-30(34)40/h1-10,15-16H,11-14H2,(H,31,35,39)(H,32,36,40). The predicted octanol–water partition coefficient (Wildman–Crippen LogP) is 3.33. The van der Waals surface area contributed by atoms with Crippen molar-refractivity contribution in [2.45, 2.75) is 12.8 Å². The first-order valence-electron chi connectivity index (χ1n) is 13.0. The number of anilines is 2. The van der Waals surface area contributed by atoms with Crippen LogP contribution in [0.5, 0.6) is 11.5 Å².